The molecular weight excluding hydrogens is 360 g/mol. The monoisotopic (exact) mass is 386 g/mol. The molecule has 150 valence electrons. The topological polar surface area (TPSA) is 85.9 Å². The summed E-state index contributed by atoms with van der Waals surface area (Å²) < 4.78 is 15.7. The van der Waals surface area contributed by atoms with Crippen molar-refractivity contribution < 1.29 is 23.8 Å². The van der Waals surface area contributed by atoms with Crippen LogP contribution in [0.4, 0.5) is 0 Å². The van der Waals surface area contributed by atoms with E-state index in [1.165, 1.54) is 21.3 Å². The van der Waals surface area contributed by atoms with Gasteiger partial charge in [-0.1, -0.05) is 30.3 Å². The Balaban J connectivity index is 1.91. The van der Waals surface area contributed by atoms with Gasteiger partial charge in [-0.25, -0.2) is 0 Å². The van der Waals surface area contributed by atoms with Crippen LogP contribution in [0.25, 0.3) is 0 Å². The molecule has 0 aliphatic heterocycles. The first-order valence-corrected chi connectivity index (χ1v) is 8.92. The van der Waals surface area contributed by atoms with Crippen molar-refractivity contribution in [2.45, 2.75) is 19.4 Å². The first-order chi connectivity index (χ1) is 13.5. The molecule has 2 aromatic carbocycles. The summed E-state index contributed by atoms with van der Waals surface area (Å²) in [5, 5.41) is 5.65. The molecular formula is C21H26N2O5. The third-order valence-electron chi connectivity index (χ3n) is 4.24. The number of ether oxygens (including phenoxy) is 3. The van der Waals surface area contributed by atoms with Crippen molar-refractivity contribution >= 4 is 11.8 Å². The maximum absolute atomic E-state index is 12.4. The molecule has 0 aliphatic rings. The van der Waals surface area contributed by atoms with Crippen LogP contribution < -0.4 is 24.8 Å². The molecule has 0 aromatic heterocycles. The second-order valence-electron chi connectivity index (χ2n) is 6.12. The molecule has 0 unspecified atom stereocenters. The van der Waals surface area contributed by atoms with Crippen molar-refractivity contribution in [3.8, 4) is 17.2 Å². The number of hydrogen-bond donors (Lipinski definition) is 2. The lowest BCUT2D eigenvalue weighted by Crippen LogP contribution is -2.32. The molecule has 0 heterocycles. The Morgan fingerprint density at radius 3 is 2.11 bits per heavy atom. The highest BCUT2D eigenvalue weighted by Crippen LogP contribution is 2.38. The Bertz CT molecular complexity index is 783. The van der Waals surface area contributed by atoms with Crippen molar-refractivity contribution in [1.29, 1.82) is 0 Å². The smallest absolute Gasteiger partial charge is 0.251 e. The van der Waals surface area contributed by atoms with E-state index in [2.05, 4.69) is 10.6 Å². The van der Waals surface area contributed by atoms with Crippen LogP contribution >= 0.6 is 0 Å². The van der Waals surface area contributed by atoms with Crippen molar-refractivity contribution in [2.24, 2.45) is 0 Å². The minimum Gasteiger partial charge on any atom is -0.493 e. The molecule has 2 N–H and O–H groups in total. The lowest BCUT2D eigenvalue weighted by Gasteiger charge is -2.15. The molecule has 0 radical (unpaired) electrons. The maximum Gasteiger partial charge on any atom is 0.251 e. The number of benzene rings is 2. The molecule has 0 spiro atoms. The van der Waals surface area contributed by atoms with Crippen molar-refractivity contribution in [3.05, 3.63) is 53.6 Å². The fourth-order valence-corrected chi connectivity index (χ4v) is 2.74. The van der Waals surface area contributed by atoms with Gasteiger partial charge in [0, 0.05) is 18.5 Å². The largest absolute Gasteiger partial charge is 0.493 e. The van der Waals surface area contributed by atoms with Gasteiger partial charge in [-0.15, -0.1) is 0 Å². The van der Waals surface area contributed by atoms with Gasteiger partial charge < -0.3 is 24.8 Å². The van der Waals surface area contributed by atoms with Gasteiger partial charge >= 0.3 is 0 Å². The van der Waals surface area contributed by atoms with E-state index in [1.54, 1.807) is 12.1 Å². The molecule has 0 fully saturated rings. The van der Waals surface area contributed by atoms with E-state index < -0.39 is 0 Å². The molecule has 28 heavy (non-hydrogen) atoms. The number of rotatable bonds is 9. The van der Waals surface area contributed by atoms with Crippen molar-refractivity contribution in [2.75, 3.05) is 27.9 Å². The Kier molecular flexibility index (Phi) is 7.68. The zero-order chi connectivity index (χ0) is 20.5. The van der Waals surface area contributed by atoms with Crippen LogP contribution in [0.3, 0.4) is 0 Å². The van der Waals surface area contributed by atoms with Crippen LogP contribution in [0.15, 0.2) is 42.5 Å². The summed E-state index contributed by atoms with van der Waals surface area (Å²) in [6.45, 7) is 2.13. The average Bonchev–Trinajstić information content (AvgIpc) is 2.72. The minimum absolute atomic E-state index is 0.0977. The Morgan fingerprint density at radius 2 is 1.57 bits per heavy atom. The molecule has 0 aliphatic carbocycles. The first-order valence-electron chi connectivity index (χ1n) is 8.92. The first kappa shape index (κ1) is 21.1. The number of carbonyl (C=O) groups is 2. The quantitative estimate of drug-likeness (QED) is 0.692. The Hall–Kier alpha value is -3.22. The van der Waals surface area contributed by atoms with Crippen LogP contribution in [0.5, 0.6) is 17.2 Å². The number of hydrogen-bond acceptors (Lipinski definition) is 5. The predicted octanol–water partition coefficient (Wildman–Crippen LogP) is 2.71. The summed E-state index contributed by atoms with van der Waals surface area (Å²) in [7, 11) is 4.46. The van der Waals surface area contributed by atoms with Gasteiger partial charge in [-0.3, -0.25) is 9.59 Å². The van der Waals surface area contributed by atoms with Gasteiger partial charge in [0.2, 0.25) is 11.7 Å². The molecule has 2 amide bonds. The van der Waals surface area contributed by atoms with Gasteiger partial charge in [0.15, 0.2) is 11.5 Å². The van der Waals surface area contributed by atoms with E-state index in [1.807, 2.05) is 37.3 Å². The van der Waals surface area contributed by atoms with Crippen LogP contribution in [0.2, 0.25) is 0 Å². The SMILES string of the molecule is COc1cc(C(=O)NCCC(=O)N[C@H](C)c2ccccc2)cc(OC)c1OC. The average molecular weight is 386 g/mol. The number of methoxy groups -OCH3 is 3. The summed E-state index contributed by atoms with van der Waals surface area (Å²) >= 11 is 0. The van der Waals surface area contributed by atoms with E-state index in [4.69, 9.17) is 14.2 Å². The molecule has 7 heteroatoms. The highest BCUT2D eigenvalue weighted by Gasteiger charge is 2.17. The van der Waals surface area contributed by atoms with Crippen LogP contribution in [0, 0.1) is 0 Å². The number of carbonyl (C=O) groups excluding carboxylic acids is 2. The number of nitrogens with one attached hydrogen (secondary N) is 2. The van der Waals surface area contributed by atoms with E-state index in [9.17, 15) is 9.59 Å². The van der Waals surface area contributed by atoms with Crippen LogP contribution in [-0.2, 0) is 4.79 Å². The maximum atomic E-state index is 12.4. The lowest BCUT2D eigenvalue weighted by molar-refractivity contribution is -0.121. The fourth-order valence-electron chi connectivity index (χ4n) is 2.74. The molecule has 0 bridgehead atoms. The molecule has 2 aromatic rings. The predicted molar refractivity (Wildman–Crippen MR) is 106 cm³/mol. The highest BCUT2D eigenvalue weighted by atomic mass is 16.5. The van der Waals surface area contributed by atoms with E-state index in [0.29, 0.717) is 22.8 Å². The summed E-state index contributed by atoms with van der Waals surface area (Å²) in [6, 6.07) is 12.7. The second-order valence-corrected chi connectivity index (χ2v) is 6.12. The summed E-state index contributed by atoms with van der Waals surface area (Å²) in [5.74, 6) is 0.725. The van der Waals surface area contributed by atoms with Gasteiger partial charge in [-0.2, -0.15) is 0 Å². The third kappa shape index (κ3) is 5.39. The Morgan fingerprint density at radius 1 is 0.964 bits per heavy atom. The number of amides is 2. The molecule has 2 rings (SSSR count). The zero-order valence-electron chi connectivity index (χ0n) is 16.6. The van der Waals surface area contributed by atoms with Crippen molar-refractivity contribution in [1.82, 2.24) is 10.6 Å². The van der Waals surface area contributed by atoms with E-state index >= 15 is 0 Å². The molecule has 0 saturated heterocycles. The fraction of sp³-hybridized carbons (Fsp3) is 0.333. The van der Waals surface area contributed by atoms with Crippen LogP contribution in [0.1, 0.15) is 35.3 Å². The lowest BCUT2D eigenvalue weighted by atomic mass is 10.1. The summed E-state index contributed by atoms with van der Waals surface area (Å²) in [4.78, 5) is 24.5. The minimum atomic E-state index is -0.330. The third-order valence-corrected chi connectivity index (χ3v) is 4.24. The van der Waals surface area contributed by atoms with Gasteiger partial charge in [-0.05, 0) is 24.6 Å². The van der Waals surface area contributed by atoms with E-state index in [-0.39, 0.29) is 30.8 Å². The molecule has 0 saturated carbocycles. The highest BCUT2D eigenvalue weighted by molar-refractivity contribution is 5.95. The second kappa shape index (κ2) is 10.2. The van der Waals surface area contributed by atoms with Crippen molar-refractivity contribution in [3.63, 3.8) is 0 Å². The standard InChI is InChI=1S/C21H26N2O5/c1-14(15-8-6-5-7-9-15)23-19(24)10-11-22-21(25)16-12-17(26-2)20(28-4)18(13-16)27-3/h5-9,12-14H,10-11H2,1-4H3,(H,22,25)(H,23,24)/t14-/m1/s1. The summed E-state index contributed by atoms with van der Waals surface area (Å²) in [6.07, 6.45) is 0.174. The van der Waals surface area contributed by atoms with E-state index in [0.717, 1.165) is 5.56 Å². The Labute approximate surface area is 165 Å². The zero-order valence-corrected chi connectivity index (χ0v) is 16.6. The van der Waals surface area contributed by atoms with Crippen LogP contribution in [-0.4, -0.2) is 39.7 Å². The van der Waals surface area contributed by atoms with Gasteiger partial charge in [0.25, 0.3) is 5.91 Å². The summed E-state index contributed by atoms with van der Waals surface area (Å²) in [5.41, 5.74) is 1.38. The van der Waals surface area contributed by atoms with Gasteiger partial charge in [0.1, 0.15) is 0 Å². The molecule has 7 nitrogen and oxygen atoms in total. The molecule has 1 atom stereocenters. The normalized spacial score (nSPS) is 11.3. The van der Waals surface area contributed by atoms with Gasteiger partial charge in [0.05, 0.1) is 27.4 Å².